The van der Waals surface area contributed by atoms with Crippen LogP contribution in [0.2, 0.25) is 0 Å². The van der Waals surface area contributed by atoms with Crippen LogP contribution in [0.15, 0.2) is 70.4 Å². The molecule has 1 saturated heterocycles. The maximum Gasteiger partial charge on any atom is 0.416 e. The first-order chi connectivity index (χ1) is 20.9. The molecule has 1 fully saturated rings. The number of aryl methyl sites for hydroxylation is 1. The van der Waals surface area contributed by atoms with Crippen molar-refractivity contribution in [2.24, 2.45) is 0 Å². The average Bonchev–Trinajstić information content (AvgIpc) is 3.55. The maximum atomic E-state index is 13.6. The predicted octanol–water partition coefficient (Wildman–Crippen LogP) is 4.60. The van der Waals surface area contributed by atoms with E-state index in [0.29, 0.717) is 18.0 Å². The molecule has 8 nitrogen and oxygen atoms in total. The van der Waals surface area contributed by atoms with Gasteiger partial charge in [0.05, 0.1) is 20.7 Å². The summed E-state index contributed by atoms with van der Waals surface area (Å²) in [6.07, 6.45) is -0.709. The van der Waals surface area contributed by atoms with Crippen molar-refractivity contribution < 1.29 is 26.4 Å². The molecule has 44 heavy (non-hydrogen) atoms. The van der Waals surface area contributed by atoms with Crippen LogP contribution in [-0.2, 0) is 21.0 Å². The summed E-state index contributed by atoms with van der Waals surface area (Å²) in [4.78, 5) is 28.7. The van der Waals surface area contributed by atoms with E-state index in [1.165, 1.54) is 46.0 Å². The number of thiophene rings is 1. The van der Waals surface area contributed by atoms with E-state index >= 15 is 0 Å². The highest BCUT2D eigenvalue weighted by Gasteiger charge is 2.31. The van der Waals surface area contributed by atoms with Crippen molar-refractivity contribution in [1.29, 1.82) is 5.26 Å². The lowest BCUT2D eigenvalue weighted by Gasteiger charge is -2.26. The normalized spacial score (nSPS) is 15.6. The van der Waals surface area contributed by atoms with Crippen molar-refractivity contribution in [3.05, 3.63) is 95.5 Å². The van der Waals surface area contributed by atoms with Crippen molar-refractivity contribution in [2.75, 3.05) is 18.4 Å². The number of aromatic nitrogens is 1. The second-order valence-electron chi connectivity index (χ2n) is 9.99. The zero-order valence-corrected chi connectivity index (χ0v) is 25.7. The Morgan fingerprint density at radius 2 is 1.75 bits per heavy atom. The summed E-state index contributed by atoms with van der Waals surface area (Å²) >= 11 is 2.19. The summed E-state index contributed by atoms with van der Waals surface area (Å²) in [5.41, 5.74) is -2.33. The van der Waals surface area contributed by atoms with Crippen LogP contribution in [0.1, 0.15) is 34.6 Å². The Balaban J connectivity index is 1.63. The van der Waals surface area contributed by atoms with Gasteiger partial charge in [-0.25, -0.2) is 8.42 Å². The van der Waals surface area contributed by atoms with Gasteiger partial charge in [0.15, 0.2) is 5.57 Å². The SMILES string of the molecule is Cc1ccc(C=c2sc(=C(C#N)C(=O)Nc3cccc(S(=O)(=O)N4CCCCC4)c3)n(-c3cccc(C(F)(F)F)c3)c2=O)s1. The van der Waals surface area contributed by atoms with Crippen LogP contribution in [0.5, 0.6) is 0 Å². The van der Waals surface area contributed by atoms with E-state index < -0.39 is 38.8 Å². The van der Waals surface area contributed by atoms with Crippen molar-refractivity contribution in [2.45, 2.75) is 37.3 Å². The second-order valence-corrected chi connectivity index (χ2v) is 14.3. The number of piperidine rings is 1. The van der Waals surface area contributed by atoms with Gasteiger partial charge in [0.1, 0.15) is 10.7 Å². The van der Waals surface area contributed by atoms with E-state index in [1.54, 1.807) is 18.2 Å². The highest BCUT2D eigenvalue weighted by molar-refractivity contribution is 7.89. The number of anilines is 1. The number of carbonyl (C=O) groups excluding carboxylic acids is 1. The zero-order valence-electron chi connectivity index (χ0n) is 23.2. The van der Waals surface area contributed by atoms with Crippen LogP contribution in [0.25, 0.3) is 17.3 Å². The number of halogens is 3. The van der Waals surface area contributed by atoms with Crippen LogP contribution in [0.3, 0.4) is 0 Å². The summed E-state index contributed by atoms with van der Waals surface area (Å²) in [6.45, 7) is 2.66. The van der Waals surface area contributed by atoms with Crippen LogP contribution in [0, 0.1) is 18.3 Å². The van der Waals surface area contributed by atoms with Gasteiger partial charge in [0, 0.05) is 28.5 Å². The lowest BCUT2D eigenvalue weighted by Crippen LogP contribution is -2.35. The Labute approximate surface area is 258 Å². The highest BCUT2D eigenvalue weighted by Crippen LogP contribution is 2.30. The van der Waals surface area contributed by atoms with Crippen LogP contribution in [-0.4, -0.2) is 36.3 Å². The quantitative estimate of drug-likeness (QED) is 0.326. The van der Waals surface area contributed by atoms with Gasteiger partial charge in [0.2, 0.25) is 10.0 Å². The number of nitrogens with one attached hydrogen (secondary N) is 1. The molecule has 1 aliphatic rings. The lowest BCUT2D eigenvalue weighted by atomic mass is 10.2. The molecule has 1 amide bonds. The Bertz CT molecular complexity index is 2070. The third kappa shape index (κ3) is 6.56. The predicted molar refractivity (Wildman–Crippen MR) is 163 cm³/mol. The number of thiazole rings is 1. The molecule has 228 valence electrons. The molecule has 0 aliphatic carbocycles. The zero-order chi connectivity index (χ0) is 31.6. The molecule has 4 aromatic rings. The van der Waals surface area contributed by atoms with Gasteiger partial charge in [-0.3, -0.25) is 14.2 Å². The van der Waals surface area contributed by atoms with Gasteiger partial charge in [-0.1, -0.05) is 18.6 Å². The second kappa shape index (κ2) is 12.5. The number of alkyl halides is 3. The number of amides is 1. The first-order valence-corrected chi connectivity index (χ1v) is 16.5. The van der Waals surface area contributed by atoms with E-state index in [9.17, 15) is 36.4 Å². The molecule has 2 aromatic carbocycles. The molecule has 2 aromatic heterocycles. The minimum absolute atomic E-state index is 0.0316. The van der Waals surface area contributed by atoms with Crippen molar-refractivity contribution in [1.82, 2.24) is 8.87 Å². The minimum atomic E-state index is -4.70. The molecule has 0 radical (unpaired) electrons. The molecule has 0 unspecified atom stereocenters. The topological polar surface area (TPSA) is 112 Å². The average molecular weight is 659 g/mol. The fourth-order valence-corrected chi connectivity index (χ4v) is 8.30. The number of nitriles is 1. The van der Waals surface area contributed by atoms with E-state index in [0.717, 1.165) is 58.2 Å². The van der Waals surface area contributed by atoms with Crippen molar-refractivity contribution in [3.63, 3.8) is 0 Å². The highest BCUT2D eigenvalue weighted by atomic mass is 32.2. The monoisotopic (exact) mass is 658 g/mol. The Hall–Kier alpha value is -4.03. The van der Waals surface area contributed by atoms with Crippen LogP contribution in [0.4, 0.5) is 18.9 Å². The minimum Gasteiger partial charge on any atom is -0.321 e. The summed E-state index contributed by atoms with van der Waals surface area (Å²) in [5, 5.41) is 12.6. The van der Waals surface area contributed by atoms with Crippen molar-refractivity contribution in [3.8, 4) is 11.8 Å². The smallest absolute Gasteiger partial charge is 0.321 e. The third-order valence-electron chi connectivity index (χ3n) is 6.89. The number of hydrogen-bond donors (Lipinski definition) is 1. The number of benzene rings is 2. The maximum absolute atomic E-state index is 13.6. The lowest BCUT2D eigenvalue weighted by molar-refractivity contribution is -0.137. The first kappa shape index (κ1) is 31.4. The molecular weight excluding hydrogens is 634 g/mol. The van der Waals surface area contributed by atoms with Gasteiger partial charge in [-0.15, -0.1) is 22.7 Å². The molecule has 0 saturated carbocycles. The Morgan fingerprint density at radius 1 is 1.02 bits per heavy atom. The summed E-state index contributed by atoms with van der Waals surface area (Å²) in [5.74, 6) is -0.958. The number of hydrogen-bond acceptors (Lipinski definition) is 7. The molecular formula is C30H25F3N4O4S3. The van der Waals surface area contributed by atoms with Gasteiger partial charge >= 0.3 is 6.18 Å². The molecule has 0 atom stereocenters. The number of nitrogens with zero attached hydrogens (tertiary/aromatic N) is 3. The van der Waals surface area contributed by atoms with E-state index in [-0.39, 0.29) is 25.5 Å². The first-order valence-electron chi connectivity index (χ1n) is 13.4. The molecule has 3 heterocycles. The fourth-order valence-electron chi connectivity index (χ4n) is 4.74. The van der Waals surface area contributed by atoms with Gasteiger partial charge in [-0.2, -0.15) is 22.7 Å². The largest absolute Gasteiger partial charge is 0.416 e. The summed E-state index contributed by atoms with van der Waals surface area (Å²) in [7, 11) is -3.82. The Kier molecular flexibility index (Phi) is 8.94. The molecule has 0 spiro atoms. The fraction of sp³-hybridized carbons (Fsp3) is 0.233. The Morgan fingerprint density at radius 3 is 2.41 bits per heavy atom. The van der Waals surface area contributed by atoms with Crippen molar-refractivity contribution >= 4 is 55.9 Å². The molecule has 5 rings (SSSR count). The van der Waals surface area contributed by atoms with E-state index in [1.807, 2.05) is 13.0 Å². The molecule has 1 N–H and O–H groups in total. The van der Waals surface area contributed by atoms with Gasteiger partial charge < -0.3 is 5.32 Å². The molecule has 0 bridgehead atoms. The van der Waals surface area contributed by atoms with Crippen LogP contribution < -0.4 is 20.1 Å². The summed E-state index contributed by atoms with van der Waals surface area (Å²) < 4.78 is 69.2. The van der Waals surface area contributed by atoms with E-state index in [2.05, 4.69) is 5.32 Å². The van der Waals surface area contributed by atoms with Gasteiger partial charge in [-0.05, 0) is 74.4 Å². The summed E-state index contributed by atoms with van der Waals surface area (Å²) in [6, 6.07) is 15.1. The third-order valence-corrected chi connectivity index (χ3v) is 10.8. The standard InChI is InChI=1S/C30H25F3N4O4S3/c1-19-11-12-23(42-19)17-26-28(39)37(22-9-5-7-20(15-22)30(31,32)33)29(43-26)25(18-34)27(38)35-21-8-6-10-24(16-21)44(40,41)36-13-3-2-4-14-36/h5-12,15-17H,2-4,13-14H2,1H3,(H,35,38). The van der Waals surface area contributed by atoms with Gasteiger partial charge in [0.25, 0.3) is 11.5 Å². The van der Waals surface area contributed by atoms with Crippen LogP contribution >= 0.6 is 22.7 Å². The molecule has 1 aliphatic heterocycles. The number of rotatable bonds is 6. The van der Waals surface area contributed by atoms with E-state index in [4.69, 9.17) is 0 Å². The molecule has 14 heteroatoms. The number of carbonyl (C=O) groups is 1. The number of sulfonamides is 1.